The van der Waals surface area contributed by atoms with Crippen LogP contribution in [0.1, 0.15) is 12.8 Å². The summed E-state index contributed by atoms with van der Waals surface area (Å²) < 4.78 is 1.69. The molecule has 0 bridgehead atoms. The number of hydrogen-bond acceptors (Lipinski definition) is 4. The molecule has 2 amide bonds. The number of carbonyl (C=O) groups is 1. The number of amides is 2. The number of carbonyl (C=O) groups excluding carboxylic acids is 1. The minimum atomic E-state index is -0.560. The van der Waals surface area contributed by atoms with Crippen LogP contribution in [0.2, 0.25) is 0 Å². The van der Waals surface area contributed by atoms with E-state index in [1.54, 1.807) is 10.9 Å². The Hall–Kier alpha value is -2.38. The third-order valence-corrected chi connectivity index (χ3v) is 4.07. The molecule has 2 heterocycles. The number of anilines is 1. The van der Waals surface area contributed by atoms with Crippen LogP contribution in [-0.2, 0) is 0 Å². The van der Waals surface area contributed by atoms with Crippen LogP contribution in [0, 0.1) is 0 Å². The van der Waals surface area contributed by atoms with E-state index in [-0.39, 0.29) is 12.6 Å². The molecule has 0 saturated carbocycles. The van der Waals surface area contributed by atoms with Crippen molar-refractivity contribution in [3.8, 4) is 5.69 Å². The fourth-order valence-electron chi connectivity index (χ4n) is 2.90. The van der Waals surface area contributed by atoms with Crippen LogP contribution >= 0.6 is 0 Å². The second kappa shape index (κ2) is 7.94. The Kier molecular flexibility index (Phi) is 5.45. The van der Waals surface area contributed by atoms with E-state index in [9.17, 15) is 9.90 Å². The van der Waals surface area contributed by atoms with Crippen molar-refractivity contribution in [2.24, 2.45) is 0 Å². The van der Waals surface area contributed by atoms with E-state index in [4.69, 9.17) is 0 Å². The van der Waals surface area contributed by atoms with E-state index in [2.05, 4.69) is 20.6 Å². The molecule has 7 heteroatoms. The number of likely N-dealkylation sites (tertiary alicyclic amines) is 1. The Morgan fingerprint density at radius 1 is 1.25 bits per heavy atom. The average molecular weight is 329 g/mol. The number of aliphatic hydroxyl groups excluding tert-OH is 1. The van der Waals surface area contributed by atoms with Gasteiger partial charge in [-0.05, 0) is 44.1 Å². The van der Waals surface area contributed by atoms with E-state index in [0.29, 0.717) is 12.2 Å². The standard InChI is InChI=1S/C17H23N5O2/c23-14(13-21-9-3-4-10-21)12-18-17(24)20-15-6-1-2-7-16(15)22-11-5-8-19-22/h1-2,5-8,11,14,23H,3-4,9-10,12-13H2,(H2,18,20,24)/t14-/m0/s1. The summed E-state index contributed by atoms with van der Waals surface area (Å²) in [5.74, 6) is 0. The topological polar surface area (TPSA) is 82.4 Å². The molecule has 0 radical (unpaired) electrons. The third kappa shape index (κ3) is 4.33. The first-order chi connectivity index (χ1) is 11.7. The lowest BCUT2D eigenvalue weighted by molar-refractivity contribution is 0.125. The van der Waals surface area contributed by atoms with Crippen LogP contribution in [-0.4, -0.2) is 58.1 Å². The van der Waals surface area contributed by atoms with Gasteiger partial charge < -0.3 is 20.6 Å². The SMILES string of the molecule is O=C(NC[C@H](O)CN1CCCC1)Nc1ccccc1-n1cccn1. The fraction of sp³-hybridized carbons (Fsp3) is 0.412. The molecule has 2 aromatic rings. The number of para-hydroxylation sites is 2. The zero-order valence-corrected chi connectivity index (χ0v) is 13.6. The summed E-state index contributed by atoms with van der Waals surface area (Å²) in [4.78, 5) is 14.3. The van der Waals surface area contributed by atoms with Gasteiger partial charge in [0.15, 0.2) is 0 Å². The van der Waals surface area contributed by atoms with Crippen molar-refractivity contribution in [2.75, 3.05) is 31.5 Å². The average Bonchev–Trinajstić information content (AvgIpc) is 3.27. The minimum Gasteiger partial charge on any atom is -0.390 e. The molecule has 0 aliphatic carbocycles. The minimum absolute atomic E-state index is 0.228. The molecular formula is C17H23N5O2. The fourth-order valence-corrected chi connectivity index (χ4v) is 2.90. The normalized spacial score (nSPS) is 16.0. The van der Waals surface area contributed by atoms with Crippen LogP contribution in [0.3, 0.4) is 0 Å². The van der Waals surface area contributed by atoms with Crippen molar-refractivity contribution >= 4 is 11.7 Å². The van der Waals surface area contributed by atoms with Gasteiger partial charge >= 0.3 is 6.03 Å². The Morgan fingerprint density at radius 2 is 2.04 bits per heavy atom. The van der Waals surface area contributed by atoms with Gasteiger partial charge in [-0.25, -0.2) is 9.48 Å². The van der Waals surface area contributed by atoms with Crippen molar-refractivity contribution in [3.05, 3.63) is 42.7 Å². The summed E-state index contributed by atoms with van der Waals surface area (Å²) in [7, 11) is 0. The molecule has 3 N–H and O–H groups in total. The van der Waals surface area contributed by atoms with Gasteiger partial charge in [-0.15, -0.1) is 0 Å². The summed E-state index contributed by atoms with van der Waals surface area (Å²) >= 11 is 0. The van der Waals surface area contributed by atoms with Gasteiger partial charge in [0.05, 0.1) is 17.5 Å². The third-order valence-electron chi connectivity index (χ3n) is 4.07. The molecule has 3 rings (SSSR count). The molecule has 1 aromatic carbocycles. The highest BCUT2D eigenvalue weighted by Crippen LogP contribution is 2.18. The maximum absolute atomic E-state index is 12.1. The van der Waals surface area contributed by atoms with Crippen molar-refractivity contribution in [1.29, 1.82) is 0 Å². The first kappa shape index (κ1) is 16.5. The first-order valence-corrected chi connectivity index (χ1v) is 8.27. The Bertz CT molecular complexity index is 653. The smallest absolute Gasteiger partial charge is 0.319 e. The second-order valence-corrected chi connectivity index (χ2v) is 5.96. The molecule has 1 atom stereocenters. The molecule has 1 aliphatic heterocycles. The van der Waals surface area contributed by atoms with Gasteiger partial charge in [0.2, 0.25) is 0 Å². The highest BCUT2D eigenvalue weighted by Gasteiger charge is 2.16. The van der Waals surface area contributed by atoms with Crippen molar-refractivity contribution in [3.63, 3.8) is 0 Å². The maximum atomic E-state index is 12.1. The van der Waals surface area contributed by atoms with E-state index < -0.39 is 6.10 Å². The number of hydrogen-bond donors (Lipinski definition) is 3. The molecule has 1 aromatic heterocycles. The highest BCUT2D eigenvalue weighted by molar-refractivity contribution is 5.91. The second-order valence-electron chi connectivity index (χ2n) is 5.96. The Balaban J connectivity index is 1.52. The highest BCUT2D eigenvalue weighted by atomic mass is 16.3. The predicted octanol–water partition coefficient (Wildman–Crippen LogP) is 1.45. The zero-order chi connectivity index (χ0) is 16.8. The summed E-state index contributed by atoms with van der Waals surface area (Å²) in [6.07, 6.45) is 5.31. The van der Waals surface area contributed by atoms with E-state index in [0.717, 1.165) is 18.8 Å². The van der Waals surface area contributed by atoms with Gasteiger partial charge in [0.25, 0.3) is 0 Å². The number of aromatic nitrogens is 2. The van der Waals surface area contributed by atoms with Gasteiger partial charge in [-0.1, -0.05) is 12.1 Å². The number of benzene rings is 1. The largest absolute Gasteiger partial charge is 0.390 e. The quantitative estimate of drug-likeness (QED) is 0.749. The van der Waals surface area contributed by atoms with Crippen molar-refractivity contribution in [1.82, 2.24) is 20.0 Å². The molecule has 0 spiro atoms. The van der Waals surface area contributed by atoms with Crippen LogP contribution in [0.15, 0.2) is 42.7 Å². The van der Waals surface area contributed by atoms with Crippen molar-refractivity contribution in [2.45, 2.75) is 18.9 Å². The lowest BCUT2D eigenvalue weighted by Crippen LogP contribution is -2.40. The van der Waals surface area contributed by atoms with Crippen LogP contribution in [0.5, 0.6) is 0 Å². The molecule has 1 aliphatic rings. The molecular weight excluding hydrogens is 306 g/mol. The Morgan fingerprint density at radius 3 is 2.79 bits per heavy atom. The maximum Gasteiger partial charge on any atom is 0.319 e. The van der Waals surface area contributed by atoms with Gasteiger partial charge in [0.1, 0.15) is 0 Å². The molecule has 0 unspecified atom stereocenters. The van der Waals surface area contributed by atoms with Crippen LogP contribution in [0.25, 0.3) is 5.69 Å². The Labute approximate surface area is 141 Å². The summed E-state index contributed by atoms with van der Waals surface area (Å²) in [6, 6.07) is 8.92. The number of aliphatic hydroxyl groups is 1. The van der Waals surface area contributed by atoms with Gasteiger partial charge in [-0.2, -0.15) is 5.10 Å². The van der Waals surface area contributed by atoms with Crippen LogP contribution in [0.4, 0.5) is 10.5 Å². The molecule has 128 valence electrons. The van der Waals surface area contributed by atoms with Crippen molar-refractivity contribution < 1.29 is 9.90 Å². The van der Waals surface area contributed by atoms with E-state index in [1.165, 1.54) is 12.8 Å². The summed E-state index contributed by atoms with van der Waals surface area (Å²) in [6.45, 7) is 2.89. The number of β-amino-alcohol motifs (C(OH)–C–C–N with tert-alkyl or cyclic N) is 1. The lowest BCUT2D eigenvalue weighted by Gasteiger charge is -2.19. The summed E-state index contributed by atoms with van der Waals surface area (Å²) in [5.41, 5.74) is 1.45. The monoisotopic (exact) mass is 329 g/mol. The zero-order valence-electron chi connectivity index (χ0n) is 13.6. The molecule has 7 nitrogen and oxygen atoms in total. The van der Waals surface area contributed by atoms with E-state index >= 15 is 0 Å². The predicted molar refractivity (Wildman–Crippen MR) is 92.3 cm³/mol. The van der Waals surface area contributed by atoms with Crippen LogP contribution < -0.4 is 10.6 Å². The van der Waals surface area contributed by atoms with E-state index in [1.807, 2.05) is 36.5 Å². The number of nitrogens with one attached hydrogen (secondary N) is 2. The number of nitrogens with zero attached hydrogens (tertiary/aromatic N) is 3. The molecule has 1 fully saturated rings. The molecule has 1 saturated heterocycles. The molecule has 24 heavy (non-hydrogen) atoms. The summed E-state index contributed by atoms with van der Waals surface area (Å²) in [5, 5.41) is 19.7. The first-order valence-electron chi connectivity index (χ1n) is 8.27. The number of urea groups is 1. The van der Waals surface area contributed by atoms with Gasteiger partial charge in [-0.3, -0.25) is 0 Å². The lowest BCUT2D eigenvalue weighted by atomic mass is 10.2. The van der Waals surface area contributed by atoms with Gasteiger partial charge in [0, 0.05) is 25.5 Å². The number of rotatable bonds is 6.